The number of fused-ring (bicyclic) bond motifs is 1. The van der Waals surface area contributed by atoms with Crippen molar-refractivity contribution < 1.29 is 9.53 Å². The normalized spacial score (nSPS) is 10.3. The Hall–Kier alpha value is -2.44. The van der Waals surface area contributed by atoms with E-state index in [0.717, 1.165) is 20.8 Å². The molecule has 1 amide bonds. The van der Waals surface area contributed by atoms with E-state index in [9.17, 15) is 4.79 Å². The topological polar surface area (TPSA) is 50.4 Å². The van der Waals surface area contributed by atoms with Crippen molar-refractivity contribution >= 4 is 49.9 Å². The largest absolute Gasteiger partial charge is 0.483 e. The fourth-order valence-electron chi connectivity index (χ4n) is 2.45. The van der Waals surface area contributed by atoms with Crippen molar-refractivity contribution in [3.05, 3.63) is 76.8 Å². The summed E-state index contributed by atoms with van der Waals surface area (Å²) in [6.45, 7) is 0.432. The highest BCUT2D eigenvalue weighted by molar-refractivity contribution is 9.10. The Balaban J connectivity index is 1.51. The molecule has 4 nitrogen and oxygen atoms in total. The minimum atomic E-state index is -0.310. The third-order valence-electron chi connectivity index (χ3n) is 3.74. The fraction of sp³-hybridized carbons (Fsp3) is 0.100. The maximum Gasteiger partial charge on any atom is 0.264 e. The number of hydrogen-bond donors (Lipinski definition) is 2. The molecule has 0 aromatic heterocycles. The zero-order valence-electron chi connectivity index (χ0n) is 13.9. The molecule has 3 aromatic rings. The van der Waals surface area contributed by atoms with Crippen LogP contribution in [0.1, 0.15) is 5.56 Å². The highest BCUT2D eigenvalue weighted by Gasteiger charge is 2.09. The molecular weight excluding hydrogens is 412 g/mol. The van der Waals surface area contributed by atoms with Crippen molar-refractivity contribution in [2.75, 3.05) is 6.61 Å². The highest BCUT2D eigenvalue weighted by atomic mass is 79.9. The van der Waals surface area contributed by atoms with E-state index in [1.807, 2.05) is 66.7 Å². The van der Waals surface area contributed by atoms with E-state index in [2.05, 4.69) is 26.6 Å². The second-order valence-corrected chi connectivity index (χ2v) is 6.81. The first kappa shape index (κ1) is 18.4. The Morgan fingerprint density at radius 1 is 1.00 bits per heavy atom. The zero-order chi connectivity index (χ0) is 18.4. The van der Waals surface area contributed by atoms with Crippen LogP contribution in [-0.4, -0.2) is 17.6 Å². The molecule has 2 N–H and O–H groups in total. The Kier molecular flexibility index (Phi) is 6.20. The van der Waals surface area contributed by atoms with Gasteiger partial charge >= 0.3 is 0 Å². The summed E-state index contributed by atoms with van der Waals surface area (Å²) < 4.78 is 6.45. The SMILES string of the molecule is O=C(COc1ccc2ccccc2c1Br)NC(=S)NCc1ccccc1. The molecule has 6 heteroatoms. The van der Waals surface area contributed by atoms with Gasteiger partial charge in [-0.25, -0.2) is 0 Å². The second kappa shape index (κ2) is 8.78. The van der Waals surface area contributed by atoms with Gasteiger partial charge < -0.3 is 15.4 Å². The van der Waals surface area contributed by atoms with Gasteiger partial charge in [0.2, 0.25) is 0 Å². The monoisotopic (exact) mass is 428 g/mol. The second-order valence-electron chi connectivity index (χ2n) is 5.60. The first-order chi connectivity index (χ1) is 12.6. The molecule has 0 fully saturated rings. The maximum atomic E-state index is 12.0. The summed E-state index contributed by atoms with van der Waals surface area (Å²) in [4.78, 5) is 12.0. The predicted molar refractivity (Wildman–Crippen MR) is 111 cm³/mol. The van der Waals surface area contributed by atoms with Gasteiger partial charge in [0.15, 0.2) is 11.7 Å². The van der Waals surface area contributed by atoms with Gasteiger partial charge in [-0.05, 0) is 50.6 Å². The fourth-order valence-corrected chi connectivity index (χ4v) is 3.25. The number of ether oxygens (including phenoxy) is 1. The molecule has 3 aromatic carbocycles. The van der Waals surface area contributed by atoms with Crippen LogP contribution < -0.4 is 15.4 Å². The highest BCUT2D eigenvalue weighted by Crippen LogP contribution is 2.32. The molecule has 0 aliphatic rings. The van der Waals surface area contributed by atoms with Crippen LogP contribution in [-0.2, 0) is 11.3 Å². The molecule has 0 unspecified atom stereocenters. The summed E-state index contributed by atoms with van der Waals surface area (Å²) in [6.07, 6.45) is 0. The minimum Gasteiger partial charge on any atom is -0.483 e. The van der Waals surface area contributed by atoms with Crippen molar-refractivity contribution in [2.24, 2.45) is 0 Å². The molecule has 0 bridgehead atoms. The van der Waals surface area contributed by atoms with E-state index >= 15 is 0 Å². The van der Waals surface area contributed by atoms with Gasteiger partial charge in [-0.3, -0.25) is 4.79 Å². The Bertz CT molecular complexity index is 932. The van der Waals surface area contributed by atoms with Crippen LogP contribution >= 0.6 is 28.1 Å². The molecule has 0 radical (unpaired) electrons. The summed E-state index contributed by atoms with van der Waals surface area (Å²) in [5.74, 6) is 0.303. The summed E-state index contributed by atoms with van der Waals surface area (Å²) in [7, 11) is 0. The van der Waals surface area contributed by atoms with Crippen LogP contribution in [0.15, 0.2) is 71.2 Å². The lowest BCUT2D eigenvalue weighted by Crippen LogP contribution is -2.41. The third-order valence-corrected chi connectivity index (χ3v) is 4.80. The third kappa shape index (κ3) is 4.80. The van der Waals surface area contributed by atoms with E-state index in [1.165, 1.54) is 0 Å². The van der Waals surface area contributed by atoms with Gasteiger partial charge in [-0.15, -0.1) is 0 Å². The average Bonchev–Trinajstić information content (AvgIpc) is 2.67. The Labute approximate surface area is 165 Å². The number of amides is 1. The van der Waals surface area contributed by atoms with E-state index in [1.54, 1.807) is 0 Å². The van der Waals surface area contributed by atoms with Crippen LogP contribution in [0, 0.1) is 0 Å². The minimum absolute atomic E-state index is 0.121. The van der Waals surface area contributed by atoms with Gasteiger partial charge in [-0.1, -0.05) is 60.7 Å². The lowest BCUT2D eigenvalue weighted by atomic mass is 10.1. The standard InChI is InChI=1S/C20H17BrN2O2S/c21-19-16-9-5-4-8-15(16)10-11-17(19)25-13-18(24)23-20(26)22-12-14-6-2-1-3-7-14/h1-11H,12-13H2,(H2,22,23,24,26). The van der Waals surface area contributed by atoms with Gasteiger partial charge in [0.05, 0.1) is 4.47 Å². The molecule has 0 atom stereocenters. The summed E-state index contributed by atoms with van der Waals surface area (Å²) in [6, 6.07) is 21.6. The number of thiocarbonyl (C=S) groups is 1. The maximum absolute atomic E-state index is 12.0. The van der Waals surface area contributed by atoms with Crippen molar-refractivity contribution in [2.45, 2.75) is 6.54 Å². The number of halogens is 1. The van der Waals surface area contributed by atoms with Crippen LogP contribution in [0.5, 0.6) is 5.75 Å². The van der Waals surface area contributed by atoms with Gasteiger partial charge in [0.1, 0.15) is 5.75 Å². The van der Waals surface area contributed by atoms with Crippen molar-refractivity contribution in [3.63, 3.8) is 0 Å². The van der Waals surface area contributed by atoms with Crippen LogP contribution in [0.25, 0.3) is 10.8 Å². The molecule has 3 rings (SSSR count). The summed E-state index contributed by atoms with van der Waals surface area (Å²) >= 11 is 8.68. The number of carbonyl (C=O) groups excluding carboxylic acids is 1. The molecule has 0 heterocycles. The molecule has 0 saturated heterocycles. The lowest BCUT2D eigenvalue weighted by Gasteiger charge is -2.12. The summed E-state index contributed by atoms with van der Waals surface area (Å²) in [5, 5.41) is 8.03. The van der Waals surface area contributed by atoms with Crippen molar-refractivity contribution in [1.29, 1.82) is 0 Å². The van der Waals surface area contributed by atoms with Crippen LogP contribution in [0.4, 0.5) is 0 Å². The Morgan fingerprint density at radius 3 is 2.54 bits per heavy atom. The molecule has 132 valence electrons. The summed E-state index contributed by atoms with van der Waals surface area (Å²) in [5.41, 5.74) is 1.08. The molecule has 0 aliphatic heterocycles. The van der Waals surface area contributed by atoms with Crippen LogP contribution in [0.3, 0.4) is 0 Å². The molecule has 26 heavy (non-hydrogen) atoms. The Morgan fingerprint density at radius 2 is 1.73 bits per heavy atom. The molecular formula is C20H17BrN2O2S. The quantitative estimate of drug-likeness (QED) is 0.598. The van der Waals surface area contributed by atoms with E-state index in [4.69, 9.17) is 17.0 Å². The van der Waals surface area contributed by atoms with E-state index in [0.29, 0.717) is 12.3 Å². The number of nitrogens with one attached hydrogen (secondary N) is 2. The number of benzene rings is 3. The van der Waals surface area contributed by atoms with Crippen LogP contribution in [0.2, 0.25) is 0 Å². The van der Waals surface area contributed by atoms with Crippen molar-refractivity contribution in [3.8, 4) is 5.75 Å². The van der Waals surface area contributed by atoms with E-state index < -0.39 is 0 Å². The molecule has 0 saturated carbocycles. The molecule has 0 aliphatic carbocycles. The average molecular weight is 429 g/mol. The van der Waals surface area contributed by atoms with E-state index in [-0.39, 0.29) is 17.6 Å². The number of carbonyl (C=O) groups is 1. The van der Waals surface area contributed by atoms with Gasteiger partial charge in [-0.2, -0.15) is 0 Å². The van der Waals surface area contributed by atoms with Crippen molar-refractivity contribution in [1.82, 2.24) is 10.6 Å². The zero-order valence-corrected chi connectivity index (χ0v) is 16.3. The van der Waals surface area contributed by atoms with Gasteiger partial charge in [0.25, 0.3) is 5.91 Å². The first-order valence-electron chi connectivity index (χ1n) is 8.05. The number of hydrogen-bond acceptors (Lipinski definition) is 3. The predicted octanol–water partition coefficient (Wildman–Crippen LogP) is 4.17. The number of rotatable bonds is 5. The molecule has 0 spiro atoms. The van der Waals surface area contributed by atoms with Gasteiger partial charge in [0, 0.05) is 6.54 Å². The smallest absolute Gasteiger partial charge is 0.264 e. The lowest BCUT2D eigenvalue weighted by molar-refractivity contribution is -0.121. The first-order valence-corrected chi connectivity index (χ1v) is 9.25.